The topological polar surface area (TPSA) is 102 Å². The minimum absolute atomic E-state index is 0.150. The number of nitriles is 1. The number of benzene rings is 1. The van der Waals surface area contributed by atoms with Crippen LogP contribution in [0.1, 0.15) is 24.8 Å². The van der Waals surface area contributed by atoms with Crippen molar-refractivity contribution in [3.8, 4) is 6.07 Å². The number of urea groups is 1. The van der Waals surface area contributed by atoms with E-state index in [-0.39, 0.29) is 11.1 Å². The number of rotatable bonds is 3. The van der Waals surface area contributed by atoms with Gasteiger partial charge in [0.25, 0.3) is 0 Å². The standard InChI is InChI=1S/C14H14ClN3O3/c15-11-5-8(7-16)1-4-12(11)18-14(21)17-10-3-2-9(6-10)13(19)20/h1,4-5,9-10H,2-3,6H2,(H,19,20)(H2,17,18,21)/t9-,10+/m1/s1. The molecule has 2 rings (SSSR count). The fourth-order valence-electron chi connectivity index (χ4n) is 2.37. The Hall–Kier alpha value is -2.26. The van der Waals surface area contributed by atoms with E-state index in [0.717, 1.165) is 0 Å². The maximum Gasteiger partial charge on any atom is 0.319 e. The number of halogens is 1. The van der Waals surface area contributed by atoms with Crippen molar-refractivity contribution in [2.24, 2.45) is 5.92 Å². The van der Waals surface area contributed by atoms with Crippen LogP contribution in [0.2, 0.25) is 5.02 Å². The van der Waals surface area contributed by atoms with Crippen molar-refractivity contribution >= 4 is 29.3 Å². The number of amides is 2. The van der Waals surface area contributed by atoms with Gasteiger partial charge in [0.15, 0.2) is 0 Å². The summed E-state index contributed by atoms with van der Waals surface area (Å²) in [6.07, 6.45) is 1.65. The summed E-state index contributed by atoms with van der Waals surface area (Å²) in [7, 11) is 0. The summed E-state index contributed by atoms with van der Waals surface area (Å²) in [5.41, 5.74) is 0.812. The lowest BCUT2D eigenvalue weighted by Crippen LogP contribution is -2.36. The zero-order valence-electron chi connectivity index (χ0n) is 11.1. The van der Waals surface area contributed by atoms with Crippen LogP contribution < -0.4 is 10.6 Å². The molecule has 6 nitrogen and oxygen atoms in total. The molecule has 1 fully saturated rings. The molecule has 0 aromatic heterocycles. The molecule has 1 aliphatic carbocycles. The minimum atomic E-state index is -0.824. The average Bonchev–Trinajstić information content (AvgIpc) is 2.89. The van der Waals surface area contributed by atoms with E-state index in [4.69, 9.17) is 22.0 Å². The molecule has 3 N–H and O–H groups in total. The minimum Gasteiger partial charge on any atom is -0.481 e. The largest absolute Gasteiger partial charge is 0.481 e. The Bertz CT molecular complexity index is 612. The van der Waals surface area contributed by atoms with Crippen molar-refractivity contribution < 1.29 is 14.7 Å². The van der Waals surface area contributed by atoms with Crippen LogP contribution in [0.25, 0.3) is 0 Å². The quantitative estimate of drug-likeness (QED) is 0.798. The van der Waals surface area contributed by atoms with Crippen LogP contribution in [0.5, 0.6) is 0 Å². The normalized spacial score (nSPS) is 20.6. The van der Waals surface area contributed by atoms with Gasteiger partial charge < -0.3 is 15.7 Å². The zero-order chi connectivity index (χ0) is 15.4. The highest BCUT2D eigenvalue weighted by Gasteiger charge is 2.30. The van der Waals surface area contributed by atoms with Gasteiger partial charge in [-0.15, -0.1) is 0 Å². The molecule has 21 heavy (non-hydrogen) atoms. The third-order valence-corrected chi connectivity index (χ3v) is 3.78. The molecular formula is C14H14ClN3O3. The van der Waals surface area contributed by atoms with Gasteiger partial charge in [0.05, 0.1) is 28.3 Å². The Labute approximate surface area is 126 Å². The van der Waals surface area contributed by atoms with E-state index in [2.05, 4.69) is 10.6 Å². The molecule has 0 unspecified atom stereocenters. The smallest absolute Gasteiger partial charge is 0.319 e. The van der Waals surface area contributed by atoms with E-state index in [1.165, 1.54) is 6.07 Å². The Morgan fingerprint density at radius 2 is 2.14 bits per heavy atom. The van der Waals surface area contributed by atoms with E-state index in [9.17, 15) is 9.59 Å². The molecule has 0 spiro atoms. The first kappa shape index (κ1) is 15.1. The van der Waals surface area contributed by atoms with E-state index < -0.39 is 17.9 Å². The number of carboxylic acid groups (broad SMARTS) is 1. The highest BCUT2D eigenvalue weighted by Crippen LogP contribution is 2.26. The first-order chi connectivity index (χ1) is 9.99. The number of nitrogens with zero attached hydrogens (tertiary/aromatic N) is 1. The SMILES string of the molecule is N#Cc1ccc(NC(=O)N[C@H]2CC[C@@H](C(=O)O)C2)c(Cl)c1. The predicted octanol–water partition coefficient (Wildman–Crippen LogP) is 2.59. The van der Waals surface area contributed by atoms with Crippen molar-refractivity contribution in [1.29, 1.82) is 5.26 Å². The van der Waals surface area contributed by atoms with Crippen molar-refractivity contribution in [2.75, 3.05) is 5.32 Å². The van der Waals surface area contributed by atoms with E-state index >= 15 is 0 Å². The molecule has 110 valence electrons. The molecule has 1 aliphatic rings. The number of carbonyl (C=O) groups excluding carboxylic acids is 1. The van der Waals surface area contributed by atoms with Crippen LogP contribution in [0.3, 0.4) is 0 Å². The Morgan fingerprint density at radius 3 is 2.71 bits per heavy atom. The fourth-order valence-corrected chi connectivity index (χ4v) is 2.59. The van der Waals surface area contributed by atoms with Crippen LogP contribution in [0, 0.1) is 17.2 Å². The van der Waals surface area contributed by atoms with Gasteiger partial charge in [0.2, 0.25) is 0 Å². The predicted molar refractivity (Wildman–Crippen MR) is 77.1 cm³/mol. The maximum absolute atomic E-state index is 11.9. The summed E-state index contributed by atoms with van der Waals surface area (Å²) in [5, 5.41) is 23.3. The highest BCUT2D eigenvalue weighted by atomic mass is 35.5. The number of hydrogen-bond acceptors (Lipinski definition) is 3. The lowest BCUT2D eigenvalue weighted by molar-refractivity contribution is -0.141. The van der Waals surface area contributed by atoms with Gasteiger partial charge in [-0.3, -0.25) is 4.79 Å². The number of carbonyl (C=O) groups is 2. The van der Waals surface area contributed by atoms with Gasteiger partial charge in [-0.05, 0) is 37.5 Å². The van der Waals surface area contributed by atoms with Gasteiger partial charge in [0, 0.05) is 6.04 Å². The Balaban J connectivity index is 1.91. The Morgan fingerprint density at radius 1 is 1.38 bits per heavy atom. The fraction of sp³-hybridized carbons (Fsp3) is 0.357. The van der Waals surface area contributed by atoms with Crippen molar-refractivity contribution in [3.63, 3.8) is 0 Å². The second-order valence-corrected chi connectivity index (χ2v) is 5.36. The zero-order valence-corrected chi connectivity index (χ0v) is 11.9. The van der Waals surface area contributed by atoms with Crippen LogP contribution in [-0.2, 0) is 4.79 Å². The van der Waals surface area contributed by atoms with Gasteiger partial charge in [-0.2, -0.15) is 5.26 Å². The summed E-state index contributed by atoms with van der Waals surface area (Å²) in [6.45, 7) is 0. The molecule has 1 saturated carbocycles. The molecule has 0 bridgehead atoms. The molecule has 0 heterocycles. The molecule has 0 aliphatic heterocycles. The highest BCUT2D eigenvalue weighted by molar-refractivity contribution is 6.33. The van der Waals surface area contributed by atoms with Crippen LogP contribution in [0.4, 0.5) is 10.5 Å². The first-order valence-corrected chi connectivity index (χ1v) is 6.87. The van der Waals surface area contributed by atoms with Crippen LogP contribution >= 0.6 is 11.6 Å². The molecule has 1 aromatic rings. The number of aliphatic carboxylic acids is 1. The number of anilines is 1. The number of carboxylic acids is 1. The van der Waals surface area contributed by atoms with Crippen molar-refractivity contribution in [2.45, 2.75) is 25.3 Å². The van der Waals surface area contributed by atoms with Crippen LogP contribution in [0.15, 0.2) is 18.2 Å². The molecule has 0 saturated heterocycles. The molecular weight excluding hydrogens is 294 g/mol. The summed E-state index contributed by atoms with van der Waals surface area (Å²) >= 11 is 5.96. The monoisotopic (exact) mass is 307 g/mol. The summed E-state index contributed by atoms with van der Waals surface area (Å²) in [5.74, 6) is -1.22. The molecule has 2 atom stereocenters. The molecule has 7 heteroatoms. The van der Waals surface area contributed by atoms with Crippen LogP contribution in [-0.4, -0.2) is 23.1 Å². The van der Waals surface area contributed by atoms with Gasteiger partial charge >= 0.3 is 12.0 Å². The summed E-state index contributed by atoms with van der Waals surface area (Å²) in [6, 6.07) is 5.94. The molecule has 2 amide bonds. The maximum atomic E-state index is 11.9. The molecule has 1 aromatic carbocycles. The second kappa shape index (κ2) is 6.46. The lowest BCUT2D eigenvalue weighted by atomic mass is 10.1. The van der Waals surface area contributed by atoms with Crippen molar-refractivity contribution in [1.82, 2.24) is 5.32 Å². The van der Waals surface area contributed by atoms with Gasteiger partial charge in [-0.1, -0.05) is 11.6 Å². The van der Waals surface area contributed by atoms with Crippen molar-refractivity contribution in [3.05, 3.63) is 28.8 Å². The van der Waals surface area contributed by atoms with E-state index in [1.54, 1.807) is 12.1 Å². The third kappa shape index (κ3) is 3.86. The van der Waals surface area contributed by atoms with Gasteiger partial charge in [-0.25, -0.2) is 4.79 Å². The molecule has 0 radical (unpaired) electrons. The van der Waals surface area contributed by atoms with E-state index in [1.807, 2.05) is 6.07 Å². The number of nitrogens with one attached hydrogen (secondary N) is 2. The summed E-state index contributed by atoms with van der Waals surface area (Å²) in [4.78, 5) is 22.7. The second-order valence-electron chi connectivity index (χ2n) is 4.95. The van der Waals surface area contributed by atoms with Gasteiger partial charge in [0.1, 0.15) is 0 Å². The number of hydrogen-bond donors (Lipinski definition) is 3. The average molecular weight is 308 g/mol. The first-order valence-electron chi connectivity index (χ1n) is 6.49. The van der Waals surface area contributed by atoms with E-state index in [0.29, 0.717) is 30.5 Å². The summed E-state index contributed by atoms with van der Waals surface area (Å²) < 4.78 is 0. The third-order valence-electron chi connectivity index (χ3n) is 3.46. The lowest BCUT2D eigenvalue weighted by Gasteiger charge is -2.14. The Kier molecular flexibility index (Phi) is 4.66.